The van der Waals surface area contributed by atoms with E-state index in [1.165, 1.54) is 16.0 Å². The molecule has 1 fully saturated rings. The third-order valence-electron chi connectivity index (χ3n) is 4.63. The Morgan fingerprint density at radius 3 is 2.35 bits per heavy atom. The van der Waals surface area contributed by atoms with E-state index in [0.29, 0.717) is 13.2 Å². The molecular formula is C19H23NO2S. The van der Waals surface area contributed by atoms with E-state index in [1.807, 2.05) is 26.0 Å². The molecule has 0 radical (unpaired) electrons. The van der Waals surface area contributed by atoms with E-state index >= 15 is 0 Å². The highest BCUT2D eigenvalue weighted by atomic mass is 32.1. The molecule has 1 aromatic heterocycles. The third kappa shape index (κ3) is 3.25. The number of thiophene rings is 1. The molecule has 2 aromatic rings. The first-order valence-electron chi connectivity index (χ1n) is 8.02. The number of hydrogen-bond donors (Lipinski definition) is 0. The van der Waals surface area contributed by atoms with Crippen LogP contribution in [0, 0.1) is 6.92 Å². The average Bonchev–Trinajstić information content (AvgIpc) is 3.01. The molecule has 3 nitrogen and oxygen atoms in total. The first kappa shape index (κ1) is 16.4. The van der Waals surface area contributed by atoms with Crippen molar-refractivity contribution in [3.63, 3.8) is 0 Å². The summed E-state index contributed by atoms with van der Waals surface area (Å²) in [5.41, 5.74) is 2.74. The lowest BCUT2D eigenvalue weighted by Crippen LogP contribution is -2.54. The lowest BCUT2D eigenvalue weighted by Gasteiger charge is -2.39. The fourth-order valence-electron chi connectivity index (χ4n) is 3.06. The Kier molecular flexibility index (Phi) is 4.67. The van der Waals surface area contributed by atoms with Crippen molar-refractivity contribution in [2.24, 2.45) is 0 Å². The molecule has 0 unspecified atom stereocenters. The number of Topliss-reactive ketones (excluding diaryl/α,β-unsaturated/α-hetero) is 1. The quantitative estimate of drug-likeness (QED) is 0.794. The second-order valence-electron chi connectivity index (χ2n) is 6.50. The van der Waals surface area contributed by atoms with Gasteiger partial charge in [-0.15, -0.1) is 11.3 Å². The average molecular weight is 329 g/mol. The van der Waals surface area contributed by atoms with Crippen molar-refractivity contribution in [1.29, 1.82) is 0 Å². The Morgan fingerprint density at radius 1 is 1.13 bits per heavy atom. The summed E-state index contributed by atoms with van der Waals surface area (Å²) in [6, 6.07) is 10.2. The molecule has 0 spiro atoms. The predicted octanol–water partition coefficient (Wildman–Crippen LogP) is 4.02. The van der Waals surface area contributed by atoms with Crippen LogP contribution in [0.1, 0.15) is 29.8 Å². The number of carbonyl (C=O) groups is 1. The zero-order valence-electron chi connectivity index (χ0n) is 14.0. The molecule has 0 amide bonds. The van der Waals surface area contributed by atoms with Crippen LogP contribution in [0.3, 0.4) is 0 Å². The van der Waals surface area contributed by atoms with Gasteiger partial charge in [0.05, 0.1) is 18.8 Å². The van der Waals surface area contributed by atoms with Crippen LogP contribution in [-0.4, -0.2) is 42.5 Å². The van der Waals surface area contributed by atoms with Crippen molar-refractivity contribution in [1.82, 2.24) is 4.90 Å². The fraction of sp³-hybridized carbons (Fsp3) is 0.421. The number of benzene rings is 1. The van der Waals surface area contributed by atoms with Gasteiger partial charge in [-0.05, 0) is 43.3 Å². The van der Waals surface area contributed by atoms with E-state index in [2.05, 4.69) is 35.4 Å². The van der Waals surface area contributed by atoms with Gasteiger partial charge in [-0.3, -0.25) is 9.69 Å². The standard InChI is InChI=1S/C19H23NO2S/c1-14-8-13-23-17(14)15-4-6-16(7-5-15)18(21)19(2,3)20-9-11-22-12-10-20/h4-8,13H,9-12H2,1-3H3. The molecule has 0 atom stereocenters. The summed E-state index contributed by atoms with van der Waals surface area (Å²) in [4.78, 5) is 16.4. The van der Waals surface area contributed by atoms with Crippen molar-refractivity contribution in [3.05, 3.63) is 46.8 Å². The predicted molar refractivity (Wildman–Crippen MR) is 95.3 cm³/mol. The normalized spacial score (nSPS) is 16.5. The van der Waals surface area contributed by atoms with Gasteiger partial charge in [0.15, 0.2) is 5.78 Å². The Morgan fingerprint density at radius 2 is 1.78 bits per heavy atom. The van der Waals surface area contributed by atoms with Crippen molar-refractivity contribution >= 4 is 17.1 Å². The van der Waals surface area contributed by atoms with Crippen LogP contribution in [-0.2, 0) is 4.74 Å². The van der Waals surface area contributed by atoms with Gasteiger partial charge < -0.3 is 4.74 Å². The zero-order valence-corrected chi connectivity index (χ0v) is 14.8. The maximum Gasteiger partial charge on any atom is 0.182 e. The van der Waals surface area contributed by atoms with Gasteiger partial charge in [-0.1, -0.05) is 24.3 Å². The molecule has 0 saturated carbocycles. The van der Waals surface area contributed by atoms with E-state index in [0.717, 1.165) is 18.7 Å². The van der Waals surface area contributed by atoms with Gasteiger partial charge >= 0.3 is 0 Å². The number of ether oxygens (including phenoxy) is 1. The largest absolute Gasteiger partial charge is 0.379 e. The molecule has 0 N–H and O–H groups in total. The summed E-state index contributed by atoms with van der Waals surface area (Å²) in [5, 5.41) is 2.10. The van der Waals surface area contributed by atoms with Crippen LogP contribution < -0.4 is 0 Å². The molecule has 1 aliphatic rings. The third-order valence-corrected chi connectivity index (χ3v) is 5.69. The summed E-state index contributed by atoms with van der Waals surface area (Å²) in [6.07, 6.45) is 0. The van der Waals surface area contributed by atoms with Crippen LogP contribution in [0.25, 0.3) is 10.4 Å². The first-order valence-corrected chi connectivity index (χ1v) is 8.90. The van der Waals surface area contributed by atoms with Crippen LogP contribution in [0.2, 0.25) is 0 Å². The smallest absolute Gasteiger partial charge is 0.182 e. The molecule has 4 heteroatoms. The van der Waals surface area contributed by atoms with Gasteiger partial charge in [0.2, 0.25) is 0 Å². The second kappa shape index (κ2) is 6.56. The molecule has 0 bridgehead atoms. The van der Waals surface area contributed by atoms with Gasteiger partial charge in [-0.25, -0.2) is 0 Å². The molecule has 1 saturated heterocycles. The number of aryl methyl sites for hydroxylation is 1. The number of rotatable bonds is 4. The fourth-order valence-corrected chi connectivity index (χ4v) is 3.99. The van der Waals surface area contributed by atoms with Gasteiger partial charge in [0, 0.05) is 23.5 Å². The minimum atomic E-state index is -0.496. The van der Waals surface area contributed by atoms with Gasteiger partial charge in [-0.2, -0.15) is 0 Å². The van der Waals surface area contributed by atoms with E-state index in [-0.39, 0.29) is 5.78 Å². The number of ketones is 1. The highest BCUT2D eigenvalue weighted by Crippen LogP contribution is 2.30. The van der Waals surface area contributed by atoms with Crippen LogP contribution in [0.15, 0.2) is 35.7 Å². The topological polar surface area (TPSA) is 29.5 Å². The molecule has 3 rings (SSSR count). The van der Waals surface area contributed by atoms with E-state index in [1.54, 1.807) is 11.3 Å². The number of morpholine rings is 1. The Hall–Kier alpha value is -1.49. The number of carbonyl (C=O) groups excluding carboxylic acids is 1. The van der Waals surface area contributed by atoms with E-state index in [4.69, 9.17) is 4.74 Å². The highest BCUT2D eigenvalue weighted by molar-refractivity contribution is 7.13. The Labute approximate surface area is 141 Å². The lowest BCUT2D eigenvalue weighted by atomic mass is 9.90. The minimum Gasteiger partial charge on any atom is -0.379 e. The van der Waals surface area contributed by atoms with Crippen molar-refractivity contribution < 1.29 is 9.53 Å². The summed E-state index contributed by atoms with van der Waals surface area (Å²) < 4.78 is 5.40. The minimum absolute atomic E-state index is 0.175. The summed E-state index contributed by atoms with van der Waals surface area (Å²) in [6.45, 7) is 9.17. The summed E-state index contributed by atoms with van der Waals surface area (Å²) >= 11 is 1.74. The maximum atomic E-state index is 13.0. The number of hydrogen-bond acceptors (Lipinski definition) is 4. The Bertz CT molecular complexity index is 682. The first-order chi connectivity index (χ1) is 11.0. The summed E-state index contributed by atoms with van der Waals surface area (Å²) in [7, 11) is 0. The molecular weight excluding hydrogens is 306 g/mol. The molecule has 1 aliphatic heterocycles. The van der Waals surface area contributed by atoms with Gasteiger partial charge in [0.25, 0.3) is 0 Å². The molecule has 122 valence electrons. The van der Waals surface area contributed by atoms with Crippen LogP contribution in [0.4, 0.5) is 0 Å². The van der Waals surface area contributed by atoms with E-state index < -0.39 is 5.54 Å². The Balaban J connectivity index is 1.81. The zero-order chi connectivity index (χ0) is 16.4. The molecule has 23 heavy (non-hydrogen) atoms. The highest BCUT2D eigenvalue weighted by Gasteiger charge is 2.35. The van der Waals surface area contributed by atoms with Crippen molar-refractivity contribution in [2.75, 3.05) is 26.3 Å². The molecule has 2 heterocycles. The van der Waals surface area contributed by atoms with Crippen molar-refractivity contribution in [3.8, 4) is 10.4 Å². The van der Waals surface area contributed by atoms with E-state index in [9.17, 15) is 4.79 Å². The SMILES string of the molecule is Cc1ccsc1-c1ccc(C(=O)C(C)(C)N2CCOCC2)cc1. The van der Waals surface area contributed by atoms with Crippen LogP contribution >= 0.6 is 11.3 Å². The number of nitrogens with zero attached hydrogens (tertiary/aromatic N) is 1. The van der Waals surface area contributed by atoms with Gasteiger partial charge in [0.1, 0.15) is 0 Å². The van der Waals surface area contributed by atoms with Crippen molar-refractivity contribution in [2.45, 2.75) is 26.3 Å². The molecule has 0 aliphatic carbocycles. The lowest BCUT2D eigenvalue weighted by molar-refractivity contribution is -0.00429. The van der Waals surface area contributed by atoms with Crippen LogP contribution in [0.5, 0.6) is 0 Å². The molecule has 1 aromatic carbocycles. The summed E-state index contributed by atoms with van der Waals surface area (Å²) in [5.74, 6) is 0.175. The maximum absolute atomic E-state index is 13.0. The monoisotopic (exact) mass is 329 g/mol. The second-order valence-corrected chi connectivity index (χ2v) is 7.41.